The van der Waals surface area contributed by atoms with Crippen LogP contribution >= 0.6 is 0 Å². The molecule has 2 aliphatic rings. The maximum absolute atomic E-state index is 5.55. The molecule has 0 bridgehead atoms. The van der Waals surface area contributed by atoms with Crippen LogP contribution in [0.2, 0.25) is 0 Å². The fourth-order valence-electron chi connectivity index (χ4n) is 4.03. The van der Waals surface area contributed by atoms with E-state index in [1.54, 1.807) is 0 Å². The predicted octanol–water partition coefficient (Wildman–Crippen LogP) is 2.16. The molecule has 0 amide bonds. The molecule has 3 unspecified atom stereocenters. The lowest BCUT2D eigenvalue weighted by molar-refractivity contribution is -0.0174. The summed E-state index contributed by atoms with van der Waals surface area (Å²) in [7, 11) is 1.89. The fraction of sp³-hybridized carbons (Fsp3) is 0.650. The van der Waals surface area contributed by atoms with Gasteiger partial charge in [-0.3, -0.25) is 9.89 Å². The van der Waals surface area contributed by atoms with E-state index in [1.807, 2.05) is 7.05 Å². The molecule has 0 radical (unpaired) electrons. The average Bonchev–Trinajstić information content (AvgIpc) is 3.13. The quantitative estimate of drug-likeness (QED) is 0.671. The van der Waals surface area contributed by atoms with E-state index in [2.05, 4.69) is 64.3 Å². The van der Waals surface area contributed by atoms with Crippen molar-refractivity contribution in [3.63, 3.8) is 0 Å². The zero-order chi connectivity index (χ0) is 17.6. The third-order valence-corrected chi connectivity index (χ3v) is 5.51. The lowest BCUT2D eigenvalue weighted by atomic mass is 9.99. The van der Waals surface area contributed by atoms with Crippen LogP contribution in [0.4, 0.5) is 0 Å². The van der Waals surface area contributed by atoms with Crippen LogP contribution < -0.4 is 5.32 Å². The van der Waals surface area contributed by atoms with Gasteiger partial charge < -0.3 is 15.0 Å². The van der Waals surface area contributed by atoms with Gasteiger partial charge in [-0.2, -0.15) is 0 Å². The van der Waals surface area contributed by atoms with E-state index in [4.69, 9.17) is 4.74 Å². The number of hydrogen-bond acceptors (Lipinski definition) is 3. The summed E-state index contributed by atoms with van der Waals surface area (Å²) in [5, 5.41) is 3.59. The molecule has 5 nitrogen and oxygen atoms in total. The normalized spacial score (nSPS) is 26.7. The Balaban J connectivity index is 1.51. The van der Waals surface area contributed by atoms with Gasteiger partial charge in [-0.25, -0.2) is 0 Å². The van der Waals surface area contributed by atoms with Crippen LogP contribution in [0.15, 0.2) is 35.3 Å². The Hall–Kier alpha value is -1.59. The highest BCUT2D eigenvalue weighted by Crippen LogP contribution is 2.26. The van der Waals surface area contributed by atoms with Gasteiger partial charge >= 0.3 is 0 Å². The highest BCUT2D eigenvalue weighted by Gasteiger charge is 2.27. The summed E-state index contributed by atoms with van der Waals surface area (Å²) in [5.74, 6) is 1.64. The first-order valence-corrected chi connectivity index (χ1v) is 9.53. The summed E-state index contributed by atoms with van der Waals surface area (Å²) in [4.78, 5) is 9.45. The van der Waals surface area contributed by atoms with Crippen LogP contribution in [0.5, 0.6) is 0 Å². The highest BCUT2D eigenvalue weighted by molar-refractivity contribution is 5.80. The first-order valence-electron chi connectivity index (χ1n) is 9.53. The van der Waals surface area contributed by atoms with Crippen molar-refractivity contribution in [2.75, 3.05) is 46.4 Å². The van der Waals surface area contributed by atoms with Gasteiger partial charge in [-0.05, 0) is 25.8 Å². The van der Waals surface area contributed by atoms with Crippen LogP contribution in [-0.2, 0) is 4.74 Å². The van der Waals surface area contributed by atoms with E-state index < -0.39 is 0 Å². The van der Waals surface area contributed by atoms with Gasteiger partial charge in [0.1, 0.15) is 0 Å². The van der Waals surface area contributed by atoms with E-state index >= 15 is 0 Å². The molecule has 1 N–H and O–H groups in total. The van der Waals surface area contributed by atoms with Crippen LogP contribution in [0.3, 0.4) is 0 Å². The number of guanidine groups is 1. The Morgan fingerprint density at radius 2 is 2.12 bits per heavy atom. The third kappa shape index (κ3) is 4.53. The maximum atomic E-state index is 5.55. The monoisotopic (exact) mass is 344 g/mol. The first-order chi connectivity index (χ1) is 12.2. The zero-order valence-corrected chi connectivity index (χ0v) is 15.8. The topological polar surface area (TPSA) is 40.1 Å². The molecule has 138 valence electrons. The number of benzene rings is 1. The highest BCUT2D eigenvalue weighted by atomic mass is 16.5. The van der Waals surface area contributed by atoms with Crippen molar-refractivity contribution < 1.29 is 4.74 Å². The standard InChI is InChI=1S/C20H32N4O/c1-16(24-11-12-25-15-17(24)2)13-22-20(21-3)23-10-9-19(14-23)18-7-5-4-6-8-18/h4-8,16-17,19H,9-15H2,1-3H3,(H,21,22). The molecular weight excluding hydrogens is 312 g/mol. The summed E-state index contributed by atoms with van der Waals surface area (Å²) >= 11 is 0. The second-order valence-corrected chi connectivity index (χ2v) is 7.28. The fourth-order valence-corrected chi connectivity index (χ4v) is 4.03. The Bertz CT molecular complexity index is 562. The van der Waals surface area contributed by atoms with Crippen molar-refractivity contribution >= 4 is 5.96 Å². The number of morpholine rings is 1. The molecule has 25 heavy (non-hydrogen) atoms. The summed E-state index contributed by atoms with van der Waals surface area (Å²) in [5.41, 5.74) is 1.44. The minimum Gasteiger partial charge on any atom is -0.379 e. The molecule has 2 heterocycles. The average molecular weight is 345 g/mol. The van der Waals surface area contributed by atoms with Gasteiger partial charge in [0, 0.05) is 51.2 Å². The molecule has 2 saturated heterocycles. The minimum atomic E-state index is 0.475. The second kappa shape index (κ2) is 8.68. The van der Waals surface area contributed by atoms with Crippen molar-refractivity contribution in [1.82, 2.24) is 15.1 Å². The van der Waals surface area contributed by atoms with Crippen molar-refractivity contribution in [2.24, 2.45) is 4.99 Å². The van der Waals surface area contributed by atoms with Crippen LogP contribution in [0.1, 0.15) is 31.7 Å². The number of likely N-dealkylation sites (tertiary alicyclic amines) is 1. The molecular formula is C20H32N4O. The van der Waals surface area contributed by atoms with Crippen molar-refractivity contribution in [3.8, 4) is 0 Å². The number of rotatable bonds is 4. The molecule has 2 fully saturated rings. The largest absolute Gasteiger partial charge is 0.379 e. The second-order valence-electron chi connectivity index (χ2n) is 7.28. The molecule has 0 saturated carbocycles. The Morgan fingerprint density at radius 3 is 2.84 bits per heavy atom. The Labute approximate surface area is 152 Å². The lowest BCUT2D eigenvalue weighted by Gasteiger charge is -2.38. The summed E-state index contributed by atoms with van der Waals surface area (Å²) in [6.07, 6.45) is 1.20. The molecule has 2 aliphatic heterocycles. The van der Waals surface area contributed by atoms with E-state index in [1.165, 1.54) is 12.0 Å². The summed E-state index contributed by atoms with van der Waals surface area (Å²) in [6, 6.07) is 11.8. The smallest absolute Gasteiger partial charge is 0.193 e. The molecule has 3 rings (SSSR count). The minimum absolute atomic E-state index is 0.475. The van der Waals surface area contributed by atoms with E-state index in [-0.39, 0.29) is 0 Å². The van der Waals surface area contributed by atoms with Crippen molar-refractivity contribution in [2.45, 2.75) is 38.3 Å². The Morgan fingerprint density at radius 1 is 1.32 bits per heavy atom. The van der Waals surface area contributed by atoms with Gasteiger partial charge in [-0.1, -0.05) is 30.3 Å². The molecule has 0 aliphatic carbocycles. The van der Waals surface area contributed by atoms with Gasteiger partial charge in [0.15, 0.2) is 5.96 Å². The summed E-state index contributed by atoms with van der Waals surface area (Å²) < 4.78 is 5.55. The predicted molar refractivity (Wildman–Crippen MR) is 103 cm³/mol. The first kappa shape index (κ1) is 18.2. The number of ether oxygens (including phenoxy) is 1. The third-order valence-electron chi connectivity index (χ3n) is 5.51. The maximum Gasteiger partial charge on any atom is 0.193 e. The molecule has 0 aromatic heterocycles. The molecule has 3 atom stereocenters. The van der Waals surface area contributed by atoms with Crippen molar-refractivity contribution in [3.05, 3.63) is 35.9 Å². The van der Waals surface area contributed by atoms with Crippen LogP contribution in [0.25, 0.3) is 0 Å². The van der Waals surface area contributed by atoms with Gasteiger partial charge in [0.25, 0.3) is 0 Å². The van der Waals surface area contributed by atoms with Crippen LogP contribution in [0, 0.1) is 0 Å². The number of hydrogen-bond donors (Lipinski definition) is 1. The molecule has 5 heteroatoms. The van der Waals surface area contributed by atoms with Crippen LogP contribution in [-0.4, -0.2) is 74.3 Å². The van der Waals surface area contributed by atoms with E-state index in [9.17, 15) is 0 Å². The zero-order valence-electron chi connectivity index (χ0n) is 15.8. The van der Waals surface area contributed by atoms with Gasteiger partial charge in [0.2, 0.25) is 0 Å². The molecule has 0 spiro atoms. The van der Waals surface area contributed by atoms with E-state index in [0.717, 1.165) is 45.4 Å². The van der Waals surface area contributed by atoms with Crippen molar-refractivity contribution in [1.29, 1.82) is 0 Å². The number of nitrogens with one attached hydrogen (secondary N) is 1. The molecule has 1 aromatic carbocycles. The number of aliphatic imine (C=N–C) groups is 1. The van der Waals surface area contributed by atoms with Gasteiger partial charge in [0.05, 0.1) is 13.2 Å². The lowest BCUT2D eigenvalue weighted by Crippen LogP contribution is -2.53. The SMILES string of the molecule is CN=C(NCC(C)N1CCOCC1C)N1CCC(c2ccccc2)C1. The Kier molecular flexibility index (Phi) is 6.32. The number of nitrogens with zero attached hydrogens (tertiary/aromatic N) is 3. The summed E-state index contributed by atoms with van der Waals surface area (Å²) in [6.45, 7) is 10.3. The van der Waals surface area contributed by atoms with Gasteiger partial charge in [-0.15, -0.1) is 0 Å². The van der Waals surface area contributed by atoms with E-state index in [0.29, 0.717) is 18.0 Å². The molecule has 1 aromatic rings.